The Balaban J connectivity index is 2.02. The minimum atomic E-state index is -0.179. The van der Waals surface area contributed by atoms with Crippen molar-refractivity contribution in [2.45, 2.75) is 20.4 Å². The van der Waals surface area contributed by atoms with Crippen LogP contribution >= 0.6 is 0 Å². The SMILES string of the molecule is Cc1onc(C(=O)NCC2(C)COC2)c1CN(C)C. The second kappa shape index (κ2) is 5.30. The van der Waals surface area contributed by atoms with E-state index >= 15 is 0 Å². The van der Waals surface area contributed by atoms with Crippen LogP contribution in [0.1, 0.15) is 28.7 Å². The summed E-state index contributed by atoms with van der Waals surface area (Å²) in [6.07, 6.45) is 0. The Kier molecular flexibility index (Phi) is 3.91. The van der Waals surface area contributed by atoms with Crippen LogP contribution in [0.25, 0.3) is 0 Å². The Labute approximate surface area is 113 Å². The average molecular weight is 267 g/mol. The Morgan fingerprint density at radius 1 is 1.47 bits per heavy atom. The van der Waals surface area contributed by atoms with Crippen molar-refractivity contribution in [3.63, 3.8) is 0 Å². The van der Waals surface area contributed by atoms with Crippen LogP contribution in [-0.2, 0) is 11.3 Å². The number of nitrogens with zero attached hydrogens (tertiary/aromatic N) is 2. The van der Waals surface area contributed by atoms with Crippen LogP contribution in [0, 0.1) is 12.3 Å². The molecule has 6 heteroatoms. The van der Waals surface area contributed by atoms with Gasteiger partial charge in [-0.15, -0.1) is 0 Å². The van der Waals surface area contributed by atoms with E-state index in [0.717, 1.165) is 5.56 Å². The molecule has 1 N–H and O–H groups in total. The van der Waals surface area contributed by atoms with E-state index in [-0.39, 0.29) is 11.3 Å². The lowest BCUT2D eigenvalue weighted by Crippen LogP contribution is -2.48. The molecule has 0 bridgehead atoms. The van der Waals surface area contributed by atoms with Crippen LogP contribution in [0.5, 0.6) is 0 Å². The molecule has 0 aromatic carbocycles. The number of ether oxygens (including phenoxy) is 1. The summed E-state index contributed by atoms with van der Waals surface area (Å²) in [5.74, 6) is 0.513. The van der Waals surface area contributed by atoms with Crippen molar-refractivity contribution in [1.82, 2.24) is 15.4 Å². The number of rotatable bonds is 5. The molecule has 2 rings (SSSR count). The summed E-state index contributed by atoms with van der Waals surface area (Å²) in [5.41, 5.74) is 1.28. The normalized spacial score (nSPS) is 17.3. The highest BCUT2D eigenvalue weighted by Gasteiger charge is 2.34. The van der Waals surface area contributed by atoms with Gasteiger partial charge in [0, 0.05) is 24.1 Å². The van der Waals surface area contributed by atoms with E-state index in [0.29, 0.717) is 37.8 Å². The van der Waals surface area contributed by atoms with Crippen LogP contribution in [0.2, 0.25) is 0 Å². The molecule has 0 saturated carbocycles. The minimum absolute atomic E-state index is 0.0517. The summed E-state index contributed by atoms with van der Waals surface area (Å²) in [6.45, 7) is 6.53. The molecule has 1 fully saturated rings. The summed E-state index contributed by atoms with van der Waals surface area (Å²) in [6, 6.07) is 0. The lowest BCUT2D eigenvalue weighted by molar-refractivity contribution is -0.0978. The molecule has 6 nitrogen and oxygen atoms in total. The van der Waals surface area contributed by atoms with Crippen molar-refractivity contribution in [3.8, 4) is 0 Å². The van der Waals surface area contributed by atoms with Gasteiger partial charge in [-0.05, 0) is 21.0 Å². The molecule has 1 aliphatic rings. The highest BCUT2D eigenvalue weighted by Crippen LogP contribution is 2.25. The lowest BCUT2D eigenvalue weighted by atomic mass is 9.89. The van der Waals surface area contributed by atoms with Crippen molar-refractivity contribution in [1.29, 1.82) is 0 Å². The summed E-state index contributed by atoms with van der Waals surface area (Å²) in [7, 11) is 3.89. The minimum Gasteiger partial charge on any atom is -0.380 e. The second-order valence-electron chi connectivity index (χ2n) is 5.79. The molecule has 1 aromatic rings. The number of amides is 1. The third kappa shape index (κ3) is 3.13. The predicted molar refractivity (Wildman–Crippen MR) is 69.9 cm³/mol. The highest BCUT2D eigenvalue weighted by atomic mass is 16.5. The number of nitrogens with one attached hydrogen (secondary N) is 1. The second-order valence-corrected chi connectivity index (χ2v) is 5.79. The van der Waals surface area contributed by atoms with Gasteiger partial charge in [-0.1, -0.05) is 12.1 Å². The molecule has 1 saturated heterocycles. The number of carbonyl (C=O) groups excluding carboxylic acids is 1. The number of hydrogen-bond donors (Lipinski definition) is 1. The number of hydrogen-bond acceptors (Lipinski definition) is 5. The first-order chi connectivity index (χ1) is 8.91. The Bertz CT molecular complexity index is 464. The molecule has 0 radical (unpaired) electrons. The third-order valence-electron chi connectivity index (χ3n) is 3.25. The fraction of sp³-hybridized carbons (Fsp3) is 0.692. The maximum atomic E-state index is 12.2. The fourth-order valence-electron chi connectivity index (χ4n) is 2.00. The fourth-order valence-corrected chi connectivity index (χ4v) is 2.00. The maximum absolute atomic E-state index is 12.2. The van der Waals surface area contributed by atoms with Gasteiger partial charge < -0.3 is 19.5 Å². The van der Waals surface area contributed by atoms with Gasteiger partial charge in [0.1, 0.15) is 5.76 Å². The molecule has 2 heterocycles. The van der Waals surface area contributed by atoms with E-state index in [2.05, 4.69) is 17.4 Å². The van der Waals surface area contributed by atoms with E-state index in [1.165, 1.54) is 0 Å². The largest absolute Gasteiger partial charge is 0.380 e. The smallest absolute Gasteiger partial charge is 0.273 e. The summed E-state index contributed by atoms with van der Waals surface area (Å²) < 4.78 is 10.3. The topological polar surface area (TPSA) is 67.6 Å². The molecular weight excluding hydrogens is 246 g/mol. The van der Waals surface area contributed by atoms with Crippen LogP contribution in [0.4, 0.5) is 0 Å². The molecule has 19 heavy (non-hydrogen) atoms. The molecule has 0 unspecified atom stereocenters. The van der Waals surface area contributed by atoms with E-state index < -0.39 is 0 Å². The number of aromatic nitrogens is 1. The third-order valence-corrected chi connectivity index (χ3v) is 3.25. The number of aryl methyl sites for hydroxylation is 1. The first-order valence-electron chi connectivity index (χ1n) is 6.37. The van der Waals surface area contributed by atoms with Crippen LogP contribution in [-0.4, -0.2) is 49.8 Å². The quantitative estimate of drug-likeness (QED) is 0.855. The van der Waals surface area contributed by atoms with Crippen LogP contribution in [0.15, 0.2) is 4.52 Å². The molecule has 0 atom stereocenters. The summed E-state index contributed by atoms with van der Waals surface area (Å²) in [5, 5.41) is 6.78. The molecule has 1 aromatic heterocycles. The number of carbonyl (C=O) groups is 1. The zero-order valence-electron chi connectivity index (χ0n) is 11.9. The van der Waals surface area contributed by atoms with E-state index in [4.69, 9.17) is 9.26 Å². The van der Waals surface area contributed by atoms with Gasteiger partial charge in [-0.3, -0.25) is 4.79 Å². The standard InChI is InChI=1S/C13H21N3O3/c1-9-10(5-16(3)4)11(15-19-9)12(17)14-6-13(2)7-18-8-13/h5-8H2,1-4H3,(H,14,17). The van der Waals surface area contributed by atoms with E-state index in [1.54, 1.807) is 0 Å². The molecule has 1 aliphatic heterocycles. The first kappa shape index (κ1) is 14.0. The molecule has 0 aliphatic carbocycles. The first-order valence-corrected chi connectivity index (χ1v) is 6.37. The van der Waals surface area contributed by atoms with Crippen molar-refractivity contribution in [2.75, 3.05) is 33.9 Å². The van der Waals surface area contributed by atoms with Crippen LogP contribution < -0.4 is 5.32 Å². The van der Waals surface area contributed by atoms with Gasteiger partial charge >= 0.3 is 0 Å². The highest BCUT2D eigenvalue weighted by molar-refractivity contribution is 5.93. The Morgan fingerprint density at radius 3 is 2.68 bits per heavy atom. The van der Waals surface area contributed by atoms with Crippen LogP contribution in [0.3, 0.4) is 0 Å². The summed E-state index contributed by atoms with van der Waals surface area (Å²) >= 11 is 0. The Morgan fingerprint density at radius 2 is 2.16 bits per heavy atom. The van der Waals surface area contributed by atoms with Gasteiger partial charge in [0.25, 0.3) is 5.91 Å². The van der Waals surface area contributed by atoms with Crippen molar-refractivity contribution in [3.05, 3.63) is 17.0 Å². The van der Waals surface area contributed by atoms with Crippen molar-refractivity contribution in [2.24, 2.45) is 5.41 Å². The molecule has 1 amide bonds. The van der Waals surface area contributed by atoms with Gasteiger partial charge in [0.05, 0.1) is 13.2 Å². The predicted octanol–water partition coefficient (Wildman–Crippen LogP) is 0.811. The van der Waals surface area contributed by atoms with Gasteiger partial charge in [-0.25, -0.2) is 0 Å². The maximum Gasteiger partial charge on any atom is 0.273 e. The molecule has 106 valence electrons. The van der Waals surface area contributed by atoms with Gasteiger partial charge in [0.2, 0.25) is 0 Å². The van der Waals surface area contributed by atoms with Gasteiger partial charge in [0.15, 0.2) is 5.69 Å². The summed E-state index contributed by atoms with van der Waals surface area (Å²) in [4.78, 5) is 14.1. The van der Waals surface area contributed by atoms with E-state index in [1.807, 2.05) is 25.9 Å². The molecule has 0 spiro atoms. The Hall–Kier alpha value is -1.40. The monoisotopic (exact) mass is 267 g/mol. The lowest BCUT2D eigenvalue weighted by Gasteiger charge is -2.37. The van der Waals surface area contributed by atoms with E-state index in [9.17, 15) is 4.79 Å². The van der Waals surface area contributed by atoms with Gasteiger partial charge in [-0.2, -0.15) is 0 Å². The zero-order valence-corrected chi connectivity index (χ0v) is 11.9. The zero-order chi connectivity index (χ0) is 14.0. The van der Waals surface area contributed by atoms with Crippen molar-refractivity contribution >= 4 is 5.91 Å². The van der Waals surface area contributed by atoms with Crippen molar-refractivity contribution < 1.29 is 14.1 Å². The molecular formula is C13H21N3O3. The average Bonchev–Trinajstić information content (AvgIpc) is 2.65.